The molecule has 122 valence electrons. The van der Waals surface area contributed by atoms with E-state index in [1.807, 2.05) is 12.1 Å². The van der Waals surface area contributed by atoms with Gasteiger partial charge in [0.25, 0.3) is 5.91 Å². The fourth-order valence-electron chi connectivity index (χ4n) is 2.15. The summed E-state index contributed by atoms with van der Waals surface area (Å²) in [5.74, 6) is 1.06. The molecule has 6 heteroatoms. The Morgan fingerprint density at radius 1 is 1.26 bits per heavy atom. The number of hydrogen-bond donors (Lipinski definition) is 0. The molecule has 0 unspecified atom stereocenters. The largest absolute Gasteiger partial charge is 0.493 e. The summed E-state index contributed by atoms with van der Waals surface area (Å²) in [4.78, 5) is 15.6. The van der Waals surface area contributed by atoms with Crippen LogP contribution in [-0.2, 0) is 6.54 Å². The van der Waals surface area contributed by atoms with Crippen LogP contribution in [0.5, 0.6) is 11.5 Å². The van der Waals surface area contributed by atoms with Gasteiger partial charge in [-0.3, -0.25) is 4.79 Å². The van der Waals surface area contributed by atoms with Crippen LogP contribution in [0.25, 0.3) is 0 Å². The molecule has 1 aromatic carbocycles. The first-order valence-corrected chi connectivity index (χ1v) is 8.56. The predicted molar refractivity (Wildman–Crippen MR) is 96.5 cm³/mol. The molecule has 0 saturated heterocycles. The normalized spacial score (nSPS) is 10.2. The highest BCUT2D eigenvalue weighted by Gasteiger charge is 2.18. The van der Waals surface area contributed by atoms with Crippen molar-refractivity contribution >= 4 is 33.2 Å². The molecule has 0 atom stereocenters. The van der Waals surface area contributed by atoms with E-state index >= 15 is 0 Å². The molecule has 0 radical (unpaired) electrons. The van der Waals surface area contributed by atoms with Gasteiger partial charge in [0.15, 0.2) is 11.5 Å². The number of ether oxygens (including phenoxy) is 2. The number of benzene rings is 1. The van der Waals surface area contributed by atoms with E-state index in [4.69, 9.17) is 9.47 Å². The lowest BCUT2D eigenvalue weighted by Crippen LogP contribution is -2.30. The van der Waals surface area contributed by atoms with Gasteiger partial charge in [-0.2, -0.15) is 0 Å². The summed E-state index contributed by atoms with van der Waals surface area (Å²) >= 11 is 5.05. The van der Waals surface area contributed by atoms with Crippen molar-refractivity contribution in [1.82, 2.24) is 4.90 Å². The van der Waals surface area contributed by atoms with E-state index in [1.54, 1.807) is 54.7 Å². The molecule has 0 aliphatic heterocycles. The summed E-state index contributed by atoms with van der Waals surface area (Å²) in [5.41, 5.74) is 0.556. The Labute approximate surface area is 148 Å². The number of carbonyl (C=O) groups excluding carboxylic acids is 1. The van der Waals surface area contributed by atoms with Gasteiger partial charge in [0.05, 0.1) is 24.6 Å². The number of halogens is 1. The molecular weight excluding hydrogens is 378 g/mol. The van der Waals surface area contributed by atoms with Gasteiger partial charge in [-0.05, 0) is 46.3 Å². The van der Waals surface area contributed by atoms with Crippen molar-refractivity contribution < 1.29 is 14.3 Å². The predicted octanol–water partition coefficient (Wildman–Crippen LogP) is 4.36. The number of amides is 1. The maximum Gasteiger partial charge on any atom is 0.254 e. The van der Waals surface area contributed by atoms with Crippen molar-refractivity contribution in [3.8, 4) is 11.5 Å². The molecule has 0 aliphatic carbocycles. The molecular formula is C17H18BrNO3S. The van der Waals surface area contributed by atoms with Crippen molar-refractivity contribution in [3.63, 3.8) is 0 Å². The van der Waals surface area contributed by atoms with E-state index in [2.05, 4.69) is 22.5 Å². The highest BCUT2D eigenvalue weighted by Crippen LogP contribution is 2.29. The van der Waals surface area contributed by atoms with Gasteiger partial charge in [0, 0.05) is 17.0 Å². The van der Waals surface area contributed by atoms with Crippen LogP contribution in [0.2, 0.25) is 0 Å². The third-order valence-electron chi connectivity index (χ3n) is 3.24. The number of methoxy groups -OCH3 is 2. The molecule has 0 N–H and O–H groups in total. The molecule has 1 amide bonds. The fourth-order valence-corrected chi connectivity index (χ4v) is 3.65. The monoisotopic (exact) mass is 395 g/mol. The SMILES string of the molecule is C=CCN(Cc1ccc(Br)s1)C(=O)c1ccc(OC)c(OC)c1. The smallest absolute Gasteiger partial charge is 0.254 e. The summed E-state index contributed by atoms with van der Waals surface area (Å²) in [6.07, 6.45) is 1.72. The fraction of sp³-hybridized carbons (Fsp3) is 0.235. The number of carbonyl (C=O) groups is 1. The van der Waals surface area contributed by atoms with Crippen LogP contribution in [-0.4, -0.2) is 31.6 Å². The first-order chi connectivity index (χ1) is 11.1. The lowest BCUT2D eigenvalue weighted by molar-refractivity contribution is 0.0764. The number of rotatable bonds is 7. The van der Waals surface area contributed by atoms with Gasteiger partial charge in [0.1, 0.15) is 0 Å². The molecule has 4 nitrogen and oxygen atoms in total. The van der Waals surface area contributed by atoms with Crippen LogP contribution >= 0.6 is 27.3 Å². The summed E-state index contributed by atoms with van der Waals surface area (Å²) in [6, 6.07) is 9.16. The molecule has 1 aromatic heterocycles. The number of thiophene rings is 1. The maximum absolute atomic E-state index is 12.8. The third kappa shape index (κ3) is 4.36. The molecule has 0 aliphatic rings. The van der Waals surface area contributed by atoms with Gasteiger partial charge < -0.3 is 14.4 Å². The minimum Gasteiger partial charge on any atom is -0.493 e. The zero-order chi connectivity index (χ0) is 16.8. The summed E-state index contributed by atoms with van der Waals surface area (Å²) in [6.45, 7) is 4.75. The van der Waals surface area contributed by atoms with Crippen molar-refractivity contribution in [2.24, 2.45) is 0 Å². The third-order valence-corrected chi connectivity index (χ3v) is 4.85. The van der Waals surface area contributed by atoms with Crippen molar-refractivity contribution in [1.29, 1.82) is 0 Å². The van der Waals surface area contributed by atoms with Gasteiger partial charge >= 0.3 is 0 Å². The van der Waals surface area contributed by atoms with Gasteiger partial charge in [0.2, 0.25) is 0 Å². The molecule has 0 bridgehead atoms. The standard InChI is InChI=1S/C17H18BrNO3S/c1-4-9-19(11-13-6-8-16(18)23-13)17(20)12-5-7-14(21-2)15(10-12)22-3/h4-8,10H,1,9,11H2,2-3H3. The van der Waals surface area contributed by atoms with E-state index in [-0.39, 0.29) is 5.91 Å². The lowest BCUT2D eigenvalue weighted by atomic mass is 10.1. The Bertz CT molecular complexity index is 699. The van der Waals surface area contributed by atoms with Crippen LogP contribution in [0, 0.1) is 0 Å². The average Bonchev–Trinajstić information content (AvgIpc) is 2.98. The molecule has 2 rings (SSSR count). The van der Waals surface area contributed by atoms with Gasteiger partial charge in [-0.15, -0.1) is 17.9 Å². The Hall–Kier alpha value is -1.79. The zero-order valence-corrected chi connectivity index (χ0v) is 15.4. The Morgan fingerprint density at radius 3 is 2.57 bits per heavy atom. The first-order valence-electron chi connectivity index (χ1n) is 6.95. The second kappa shape index (κ2) is 8.17. The molecule has 0 fully saturated rings. The number of nitrogens with zero attached hydrogens (tertiary/aromatic N) is 1. The topological polar surface area (TPSA) is 38.8 Å². The van der Waals surface area contributed by atoms with Crippen LogP contribution in [0.1, 0.15) is 15.2 Å². The average molecular weight is 396 g/mol. The van der Waals surface area contributed by atoms with Crippen LogP contribution in [0.4, 0.5) is 0 Å². The summed E-state index contributed by atoms with van der Waals surface area (Å²) in [5, 5.41) is 0. The van der Waals surface area contributed by atoms with Crippen LogP contribution in [0.3, 0.4) is 0 Å². The van der Waals surface area contributed by atoms with Gasteiger partial charge in [-0.1, -0.05) is 6.08 Å². The summed E-state index contributed by atoms with van der Waals surface area (Å²) < 4.78 is 11.5. The minimum atomic E-state index is -0.0737. The minimum absolute atomic E-state index is 0.0737. The Balaban J connectivity index is 2.24. The maximum atomic E-state index is 12.8. The molecule has 1 heterocycles. The van der Waals surface area contributed by atoms with Crippen molar-refractivity contribution in [2.45, 2.75) is 6.54 Å². The number of hydrogen-bond acceptors (Lipinski definition) is 4. The zero-order valence-electron chi connectivity index (χ0n) is 13.0. The Morgan fingerprint density at radius 2 is 2.00 bits per heavy atom. The van der Waals surface area contributed by atoms with Crippen molar-refractivity contribution in [2.75, 3.05) is 20.8 Å². The van der Waals surface area contributed by atoms with Crippen LogP contribution in [0.15, 0.2) is 46.8 Å². The van der Waals surface area contributed by atoms with Gasteiger partial charge in [-0.25, -0.2) is 0 Å². The lowest BCUT2D eigenvalue weighted by Gasteiger charge is -2.21. The Kier molecular flexibility index (Phi) is 6.24. The van der Waals surface area contributed by atoms with E-state index in [0.29, 0.717) is 30.2 Å². The quantitative estimate of drug-likeness (QED) is 0.653. The molecule has 0 spiro atoms. The van der Waals surface area contributed by atoms with E-state index in [0.717, 1.165) is 8.66 Å². The van der Waals surface area contributed by atoms with E-state index in [1.165, 1.54) is 0 Å². The highest BCUT2D eigenvalue weighted by molar-refractivity contribution is 9.11. The van der Waals surface area contributed by atoms with E-state index in [9.17, 15) is 4.79 Å². The summed E-state index contributed by atoms with van der Waals surface area (Å²) in [7, 11) is 3.12. The second-order valence-corrected chi connectivity index (χ2v) is 7.30. The second-order valence-electron chi connectivity index (χ2n) is 4.75. The van der Waals surface area contributed by atoms with Crippen molar-refractivity contribution in [3.05, 3.63) is 57.2 Å². The van der Waals surface area contributed by atoms with Crippen LogP contribution < -0.4 is 9.47 Å². The van der Waals surface area contributed by atoms with E-state index < -0.39 is 0 Å². The molecule has 23 heavy (non-hydrogen) atoms. The molecule has 0 saturated carbocycles. The highest BCUT2D eigenvalue weighted by atomic mass is 79.9. The first kappa shape index (κ1) is 17.6. The molecule has 2 aromatic rings.